The number of imide groups is 1. The Morgan fingerprint density at radius 1 is 1.11 bits per heavy atom. The van der Waals surface area contributed by atoms with E-state index in [1.54, 1.807) is 40.9 Å². The molecule has 1 unspecified atom stereocenters. The number of thiophene rings is 1. The van der Waals surface area contributed by atoms with E-state index < -0.39 is 0 Å². The molecule has 1 atom stereocenters. The molecule has 6 heterocycles. The standard InChI is InChI=1S/C41H37ClN10O4S/c1-25(7-14-37(54)45-24-53)51-21-33-32(40(51)55)5-4-6-34(33)56-22-31-20-49(23-44-31)15-16-50-19-28(17-46-50)8-13-35-26(2)38-39(29-9-11-30(42)12-10-29)43-18-36-48-47-27(3)52(36)41(38)57-35/h4-6,9-12,17,19-20,23-25H,7,14-16,18,21-22H2,1-3H3,(H,45,53,54). The highest BCUT2D eigenvalue weighted by Gasteiger charge is 2.33. The van der Waals surface area contributed by atoms with Gasteiger partial charge in [-0.05, 0) is 57.0 Å². The van der Waals surface area contributed by atoms with Gasteiger partial charge in [-0.15, -0.1) is 21.5 Å². The number of halogens is 1. The molecule has 6 aromatic rings. The predicted octanol–water partition coefficient (Wildman–Crippen LogP) is 5.42. The average Bonchev–Trinajstić information content (AvgIpc) is 4.04. The lowest BCUT2D eigenvalue weighted by atomic mass is 10.00. The maximum absolute atomic E-state index is 13.2. The molecule has 1 N–H and O–H groups in total. The van der Waals surface area contributed by atoms with E-state index in [0.29, 0.717) is 55.3 Å². The normalized spacial score (nSPS) is 13.5. The molecule has 14 nitrogen and oxygen atoms in total. The number of carbonyl (C=O) groups excluding carboxylic acids is 3. The number of aryl methyl sites for hydroxylation is 3. The Bertz CT molecular complexity index is 2610. The van der Waals surface area contributed by atoms with Gasteiger partial charge < -0.3 is 14.2 Å². The van der Waals surface area contributed by atoms with Crippen LogP contribution in [0.2, 0.25) is 5.02 Å². The fraction of sp³-hybridized carbons (Fsp3) is 0.268. The van der Waals surface area contributed by atoms with E-state index in [-0.39, 0.29) is 30.9 Å². The highest BCUT2D eigenvalue weighted by Crippen LogP contribution is 2.37. The molecule has 2 aliphatic rings. The first kappa shape index (κ1) is 37.5. The number of hydrogen-bond acceptors (Lipinski definition) is 10. The van der Waals surface area contributed by atoms with E-state index in [2.05, 4.69) is 48.9 Å². The minimum atomic E-state index is -0.369. The van der Waals surface area contributed by atoms with Gasteiger partial charge >= 0.3 is 0 Å². The molecule has 57 heavy (non-hydrogen) atoms. The van der Waals surface area contributed by atoms with Crippen LogP contribution in [0.1, 0.15) is 80.2 Å². The largest absolute Gasteiger partial charge is 0.487 e. The minimum Gasteiger partial charge on any atom is -0.487 e. The zero-order valence-electron chi connectivity index (χ0n) is 31.4. The maximum Gasteiger partial charge on any atom is 0.254 e. The van der Waals surface area contributed by atoms with E-state index >= 15 is 0 Å². The number of nitrogens with one attached hydrogen (secondary N) is 1. The van der Waals surface area contributed by atoms with Gasteiger partial charge in [-0.3, -0.25) is 33.9 Å². The molecule has 3 amide bonds. The van der Waals surface area contributed by atoms with Gasteiger partial charge in [0, 0.05) is 58.7 Å². The van der Waals surface area contributed by atoms with Gasteiger partial charge in [0.15, 0.2) is 5.82 Å². The topological polar surface area (TPSA) is 154 Å². The highest BCUT2D eigenvalue weighted by atomic mass is 35.5. The molecule has 16 heteroatoms. The molecule has 0 saturated carbocycles. The molecule has 0 aliphatic carbocycles. The van der Waals surface area contributed by atoms with Crippen molar-refractivity contribution >= 4 is 46.9 Å². The van der Waals surface area contributed by atoms with Gasteiger partial charge in [-0.25, -0.2) is 4.98 Å². The number of nitrogens with zero attached hydrogens (tertiary/aromatic N) is 9. The zero-order valence-corrected chi connectivity index (χ0v) is 33.0. The Labute approximate surface area is 337 Å². The second-order valence-electron chi connectivity index (χ2n) is 13.8. The van der Waals surface area contributed by atoms with Crippen LogP contribution in [0.15, 0.2) is 72.4 Å². The number of carbonyl (C=O) groups is 3. The summed E-state index contributed by atoms with van der Waals surface area (Å²) < 4.78 is 12.1. The fourth-order valence-corrected chi connectivity index (χ4v) is 8.36. The summed E-state index contributed by atoms with van der Waals surface area (Å²) >= 11 is 7.81. The maximum atomic E-state index is 13.2. The Morgan fingerprint density at radius 2 is 1.95 bits per heavy atom. The highest BCUT2D eigenvalue weighted by molar-refractivity contribution is 7.15. The fourth-order valence-electron chi connectivity index (χ4n) is 7.00. The molecular formula is C41H37ClN10O4S. The summed E-state index contributed by atoms with van der Waals surface area (Å²) in [7, 11) is 0. The number of ether oxygens (including phenoxy) is 1. The Morgan fingerprint density at radius 3 is 2.77 bits per heavy atom. The third-order valence-electron chi connectivity index (χ3n) is 10.1. The minimum absolute atomic E-state index is 0.105. The first-order valence-electron chi connectivity index (χ1n) is 18.4. The Kier molecular flexibility index (Phi) is 10.5. The lowest BCUT2D eigenvalue weighted by Gasteiger charge is -2.24. The number of aliphatic imine (C=N–C) groups is 1. The summed E-state index contributed by atoms with van der Waals surface area (Å²) in [4.78, 5) is 47.6. The van der Waals surface area contributed by atoms with Crippen LogP contribution in [0, 0.1) is 25.7 Å². The predicted molar refractivity (Wildman–Crippen MR) is 213 cm³/mol. The van der Waals surface area contributed by atoms with Crippen LogP contribution in [-0.4, -0.2) is 69.0 Å². The number of rotatable bonds is 12. The van der Waals surface area contributed by atoms with Crippen molar-refractivity contribution in [1.29, 1.82) is 0 Å². The lowest BCUT2D eigenvalue weighted by Crippen LogP contribution is -2.34. The summed E-state index contributed by atoms with van der Waals surface area (Å²) in [6, 6.07) is 13.0. The van der Waals surface area contributed by atoms with Gasteiger partial charge in [0.05, 0.1) is 47.5 Å². The molecule has 0 radical (unpaired) electrons. The van der Waals surface area contributed by atoms with Crippen LogP contribution >= 0.6 is 22.9 Å². The van der Waals surface area contributed by atoms with Crippen molar-refractivity contribution < 1.29 is 19.1 Å². The SMILES string of the molecule is Cc1c(C#Cc2cnn(CCn3cnc(COc4cccc5c4CN(C(C)CCC(=O)NC=O)C5=O)c3)c2)sc2c1C(c1ccc(Cl)cc1)=NCc1nnc(C)n1-2. The number of amides is 3. The molecule has 288 valence electrons. The van der Waals surface area contributed by atoms with Crippen molar-refractivity contribution in [2.24, 2.45) is 4.99 Å². The smallest absolute Gasteiger partial charge is 0.254 e. The van der Waals surface area contributed by atoms with Crippen molar-refractivity contribution in [2.75, 3.05) is 0 Å². The van der Waals surface area contributed by atoms with Crippen molar-refractivity contribution in [1.82, 2.24) is 44.3 Å². The van der Waals surface area contributed by atoms with Crippen molar-refractivity contribution in [2.45, 2.75) is 72.4 Å². The van der Waals surface area contributed by atoms with E-state index in [1.807, 2.05) is 65.8 Å². The Hall–Kier alpha value is -6.37. The van der Waals surface area contributed by atoms with Crippen LogP contribution < -0.4 is 10.1 Å². The van der Waals surface area contributed by atoms with E-state index in [9.17, 15) is 14.4 Å². The summed E-state index contributed by atoms with van der Waals surface area (Å²) in [6.45, 7) is 8.20. The lowest BCUT2D eigenvalue weighted by molar-refractivity contribution is -0.125. The number of hydrogen-bond donors (Lipinski definition) is 1. The average molecular weight is 801 g/mol. The van der Waals surface area contributed by atoms with Crippen LogP contribution in [0.5, 0.6) is 5.75 Å². The van der Waals surface area contributed by atoms with Gasteiger partial charge in [-0.2, -0.15) is 5.10 Å². The molecule has 2 aromatic carbocycles. The molecular weight excluding hydrogens is 764 g/mol. The third-order valence-corrected chi connectivity index (χ3v) is 11.5. The number of benzene rings is 2. The van der Waals surface area contributed by atoms with Gasteiger partial charge in [0.2, 0.25) is 12.3 Å². The second kappa shape index (κ2) is 16.0. The molecule has 0 bridgehead atoms. The zero-order chi connectivity index (χ0) is 39.6. The molecule has 0 saturated heterocycles. The quantitative estimate of drug-likeness (QED) is 0.127. The number of aromatic nitrogens is 7. The van der Waals surface area contributed by atoms with E-state index in [0.717, 1.165) is 60.7 Å². The van der Waals surface area contributed by atoms with Gasteiger partial charge in [0.1, 0.15) is 29.7 Å². The van der Waals surface area contributed by atoms with Crippen molar-refractivity contribution in [3.63, 3.8) is 0 Å². The second-order valence-corrected chi connectivity index (χ2v) is 15.3. The molecule has 2 aliphatic heterocycles. The first-order chi connectivity index (χ1) is 27.7. The number of fused-ring (bicyclic) bond motifs is 4. The van der Waals surface area contributed by atoms with Crippen molar-refractivity contribution in [3.05, 3.63) is 128 Å². The Balaban J connectivity index is 0.900. The van der Waals surface area contributed by atoms with Crippen LogP contribution in [0.25, 0.3) is 5.00 Å². The third kappa shape index (κ3) is 7.74. The molecule has 0 spiro atoms. The molecule has 8 rings (SSSR count). The van der Waals surface area contributed by atoms with Crippen LogP contribution in [-0.2, 0) is 42.4 Å². The summed E-state index contributed by atoms with van der Waals surface area (Å²) in [5, 5.41) is 17.1. The molecule has 0 fully saturated rings. The van der Waals surface area contributed by atoms with Gasteiger partial charge in [0.25, 0.3) is 5.91 Å². The van der Waals surface area contributed by atoms with E-state index in [4.69, 9.17) is 21.3 Å². The van der Waals surface area contributed by atoms with E-state index in [1.165, 1.54) is 0 Å². The van der Waals surface area contributed by atoms with Crippen LogP contribution in [0.3, 0.4) is 0 Å². The first-order valence-corrected chi connectivity index (χ1v) is 19.6. The number of imidazole rings is 1. The summed E-state index contributed by atoms with van der Waals surface area (Å²) in [5.41, 5.74) is 6.87. The van der Waals surface area contributed by atoms with Gasteiger partial charge in [-0.1, -0.05) is 41.6 Å². The summed E-state index contributed by atoms with van der Waals surface area (Å²) in [5.74, 6) is 8.44. The monoisotopic (exact) mass is 800 g/mol. The van der Waals surface area contributed by atoms with Crippen molar-refractivity contribution in [3.8, 4) is 22.6 Å². The molecule has 4 aromatic heterocycles. The van der Waals surface area contributed by atoms with Crippen LogP contribution in [0.4, 0.5) is 0 Å². The summed E-state index contributed by atoms with van der Waals surface area (Å²) in [6.07, 6.45) is 8.36.